The van der Waals surface area contributed by atoms with Crippen LogP contribution >= 0.6 is 0 Å². The van der Waals surface area contributed by atoms with Crippen LogP contribution in [0.3, 0.4) is 0 Å². The number of amides is 3. The third-order valence-electron chi connectivity index (χ3n) is 6.61. The first-order valence-electron chi connectivity index (χ1n) is 12.2. The van der Waals surface area contributed by atoms with Gasteiger partial charge in [0.2, 0.25) is 5.91 Å². The van der Waals surface area contributed by atoms with Crippen molar-refractivity contribution in [1.82, 2.24) is 14.4 Å². The van der Waals surface area contributed by atoms with Crippen LogP contribution in [0.5, 0.6) is 0 Å². The molecule has 178 valence electrons. The van der Waals surface area contributed by atoms with Crippen LogP contribution in [0.15, 0.2) is 91.1 Å². The number of rotatable bonds is 6. The molecule has 1 aliphatic heterocycles. The summed E-state index contributed by atoms with van der Waals surface area (Å²) >= 11 is 0. The van der Waals surface area contributed by atoms with Gasteiger partial charge >= 0.3 is 6.03 Å². The summed E-state index contributed by atoms with van der Waals surface area (Å²) in [5.74, 6) is -0.0483. The van der Waals surface area contributed by atoms with Crippen molar-refractivity contribution in [3.8, 4) is 0 Å². The molecule has 3 aromatic carbocycles. The summed E-state index contributed by atoms with van der Waals surface area (Å²) in [5.41, 5.74) is 2.92. The Morgan fingerprint density at radius 3 is 2.51 bits per heavy atom. The minimum Gasteiger partial charge on any atom is -0.348 e. The van der Waals surface area contributed by atoms with Gasteiger partial charge in [-0.3, -0.25) is 4.79 Å². The molecule has 1 unspecified atom stereocenters. The molecule has 1 N–H and O–H groups in total. The topological polar surface area (TPSA) is 57.6 Å². The van der Waals surface area contributed by atoms with E-state index in [4.69, 9.17) is 0 Å². The number of nitrogens with one attached hydrogen (secondary N) is 1. The minimum absolute atomic E-state index is 0.0362. The predicted octanol–water partition coefficient (Wildman–Crippen LogP) is 5.52. The fourth-order valence-corrected chi connectivity index (χ4v) is 4.94. The van der Waals surface area contributed by atoms with E-state index in [9.17, 15) is 9.59 Å². The summed E-state index contributed by atoms with van der Waals surface area (Å²) < 4.78 is 2.21. The van der Waals surface area contributed by atoms with Crippen molar-refractivity contribution in [3.05, 3.63) is 102 Å². The standard InChI is InChI=1S/C29H30N4O2/c1-2-17-32(29(35)30-25-15-8-13-22-10-6-7-14-24(22)25)21-27(34)33-20-19-31-18-9-16-26(31)28(33)23-11-4-3-5-12-23/h3-16,18,28H,2,17,19-21H2,1H3,(H,30,35). The maximum atomic E-state index is 13.7. The van der Waals surface area contributed by atoms with Gasteiger partial charge in [0, 0.05) is 36.9 Å². The molecule has 1 aliphatic rings. The molecule has 5 rings (SSSR count). The molecule has 2 heterocycles. The number of fused-ring (bicyclic) bond motifs is 2. The highest BCUT2D eigenvalue weighted by atomic mass is 16.2. The summed E-state index contributed by atoms with van der Waals surface area (Å²) in [6, 6.07) is 27.6. The second-order valence-corrected chi connectivity index (χ2v) is 8.91. The van der Waals surface area contributed by atoms with Crippen LogP contribution in [-0.4, -0.2) is 45.9 Å². The molecule has 0 spiro atoms. The molecule has 0 saturated heterocycles. The van der Waals surface area contributed by atoms with Gasteiger partial charge in [-0.05, 0) is 35.6 Å². The van der Waals surface area contributed by atoms with E-state index in [1.165, 1.54) is 0 Å². The van der Waals surface area contributed by atoms with Gasteiger partial charge in [0.1, 0.15) is 6.54 Å². The van der Waals surface area contributed by atoms with Gasteiger partial charge in [0.15, 0.2) is 0 Å². The zero-order valence-electron chi connectivity index (χ0n) is 19.9. The number of anilines is 1. The Hall–Kier alpha value is -4.06. The Balaban J connectivity index is 1.37. The summed E-state index contributed by atoms with van der Waals surface area (Å²) in [4.78, 5) is 30.5. The molecule has 1 atom stereocenters. The molecule has 4 aromatic rings. The molecule has 35 heavy (non-hydrogen) atoms. The summed E-state index contributed by atoms with van der Waals surface area (Å²) in [5, 5.41) is 5.08. The van der Waals surface area contributed by atoms with E-state index in [-0.39, 0.29) is 24.5 Å². The SMILES string of the molecule is CCCN(CC(=O)N1CCn2cccc2C1c1ccccc1)C(=O)Nc1cccc2ccccc12. The predicted molar refractivity (Wildman–Crippen MR) is 139 cm³/mol. The largest absolute Gasteiger partial charge is 0.348 e. The van der Waals surface area contributed by atoms with Crippen LogP contribution in [-0.2, 0) is 11.3 Å². The van der Waals surface area contributed by atoms with Gasteiger partial charge < -0.3 is 19.7 Å². The Morgan fingerprint density at radius 1 is 0.914 bits per heavy atom. The van der Waals surface area contributed by atoms with E-state index in [1.807, 2.05) is 78.6 Å². The van der Waals surface area contributed by atoms with Gasteiger partial charge in [0.25, 0.3) is 0 Å². The molecule has 6 heteroatoms. The number of hydrogen-bond donors (Lipinski definition) is 1. The Kier molecular flexibility index (Phi) is 6.53. The van der Waals surface area contributed by atoms with Gasteiger partial charge in [-0.25, -0.2) is 4.79 Å². The Labute approximate surface area is 205 Å². The summed E-state index contributed by atoms with van der Waals surface area (Å²) in [6.45, 7) is 3.90. The number of hydrogen-bond acceptors (Lipinski definition) is 2. The molecule has 0 saturated carbocycles. The lowest BCUT2D eigenvalue weighted by Gasteiger charge is -2.38. The highest BCUT2D eigenvalue weighted by Crippen LogP contribution is 2.32. The van der Waals surface area contributed by atoms with Gasteiger partial charge in [0.05, 0.1) is 11.7 Å². The third kappa shape index (κ3) is 4.64. The second kappa shape index (κ2) is 10.1. The zero-order valence-corrected chi connectivity index (χ0v) is 19.9. The van der Waals surface area contributed by atoms with Crippen molar-refractivity contribution in [2.45, 2.75) is 25.9 Å². The molecular weight excluding hydrogens is 436 g/mol. The Morgan fingerprint density at radius 2 is 1.69 bits per heavy atom. The van der Waals surface area contributed by atoms with Crippen molar-refractivity contribution in [2.24, 2.45) is 0 Å². The number of nitrogens with zero attached hydrogens (tertiary/aromatic N) is 3. The number of urea groups is 1. The first kappa shape index (κ1) is 22.7. The molecule has 1 aromatic heterocycles. The lowest BCUT2D eigenvalue weighted by molar-refractivity contribution is -0.134. The lowest BCUT2D eigenvalue weighted by atomic mass is 10.00. The highest BCUT2D eigenvalue weighted by Gasteiger charge is 2.33. The van der Waals surface area contributed by atoms with E-state index < -0.39 is 0 Å². The molecule has 3 amide bonds. The van der Waals surface area contributed by atoms with E-state index in [1.54, 1.807) is 4.90 Å². The van der Waals surface area contributed by atoms with Crippen molar-refractivity contribution in [3.63, 3.8) is 0 Å². The minimum atomic E-state index is -0.256. The number of benzene rings is 3. The van der Waals surface area contributed by atoms with E-state index in [0.717, 1.165) is 40.7 Å². The lowest BCUT2D eigenvalue weighted by Crippen LogP contribution is -2.48. The van der Waals surface area contributed by atoms with Crippen LogP contribution in [0.1, 0.15) is 30.6 Å². The first-order chi connectivity index (χ1) is 17.2. The fraction of sp³-hybridized carbons (Fsp3) is 0.241. The summed E-state index contributed by atoms with van der Waals surface area (Å²) in [7, 11) is 0. The van der Waals surface area contributed by atoms with Crippen molar-refractivity contribution in [2.75, 3.05) is 25.0 Å². The molecule has 0 radical (unpaired) electrons. The number of carbonyl (C=O) groups excluding carboxylic acids is 2. The van der Waals surface area contributed by atoms with Crippen molar-refractivity contribution >= 4 is 28.4 Å². The van der Waals surface area contributed by atoms with E-state index in [0.29, 0.717) is 13.1 Å². The molecule has 6 nitrogen and oxygen atoms in total. The molecule has 0 fully saturated rings. The van der Waals surface area contributed by atoms with Gasteiger partial charge in [-0.1, -0.05) is 73.7 Å². The van der Waals surface area contributed by atoms with Crippen LogP contribution in [0.4, 0.5) is 10.5 Å². The molecular formula is C29H30N4O2. The number of carbonyl (C=O) groups is 2. The van der Waals surface area contributed by atoms with Crippen LogP contribution in [0.25, 0.3) is 10.8 Å². The van der Waals surface area contributed by atoms with Gasteiger partial charge in [-0.15, -0.1) is 0 Å². The Bertz CT molecular complexity index is 1330. The zero-order chi connectivity index (χ0) is 24.2. The monoisotopic (exact) mass is 466 g/mol. The van der Waals surface area contributed by atoms with Crippen LogP contribution in [0.2, 0.25) is 0 Å². The van der Waals surface area contributed by atoms with E-state index >= 15 is 0 Å². The van der Waals surface area contributed by atoms with Crippen LogP contribution in [0, 0.1) is 0 Å². The second-order valence-electron chi connectivity index (χ2n) is 8.91. The molecule has 0 bridgehead atoms. The van der Waals surface area contributed by atoms with Crippen molar-refractivity contribution < 1.29 is 9.59 Å². The van der Waals surface area contributed by atoms with Crippen molar-refractivity contribution in [1.29, 1.82) is 0 Å². The van der Waals surface area contributed by atoms with Crippen LogP contribution < -0.4 is 5.32 Å². The summed E-state index contributed by atoms with van der Waals surface area (Å²) in [6.07, 6.45) is 2.83. The first-order valence-corrected chi connectivity index (χ1v) is 12.2. The average Bonchev–Trinajstić information content (AvgIpc) is 3.37. The molecule has 0 aliphatic carbocycles. The maximum absolute atomic E-state index is 13.7. The smallest absolute Gasteiger partial charge is 0.322 e. The van der Waals surface area contributed by atoms with Gasteiger partial charge in [-0.2, -0.15) is 0 Å². The number of aromatic nitrogens is 1. The normalized spacial score (nSPS) is 15.0. The third-order valence-corrected chi connectivity index (χ3v) is 6.61. The maximum Gasteiger partial charge on any atom is 0.322 e. The fourth-order valence-electron chi connectivity index (χ4n) is 4.94. The van der Waals surface area contributed by atoms with E-state index in [2.05, 4.69) is 34.3 Å². The average molecular weight is 467 g/mol. The quantitative estimate of drug-likeness (QED) is 0.407. The highest BCUT2D eigenvalue weighted by molar-refractivity contribution is 6.02.